The number of H-pyrrole nitrogens is 1. The highest BCUT2D eigenvalue weighted by atomic mass is 16.6. The maximum absolute atomic E-state index is 12.7. The van der Waals surface area contributed by atoms with Crippen molar-refractivity contribution >= 4 is 17.1 Å². The lowest BCUT2D eigenvalue weighted by molar-refractivity contribution is 0.0187. The molecule has 1 atom stereocenters. The molecule has 1 saturated heterocycles. The molecule has 0 saturated carbocycles. The maximum Gasteiger partial charge on any atom is 0.410 e. The third-order valence-electron chi connectivity index (χ3n) is 6.11. The molecule has 0 spiro atoms. The van der Waals surface area contributed by atoms with Crippen molar-refractivity contribution in [1.29, 1.82) is 0 Å². The Bertz CT molecular complexity index is 1330. The van der Waals surface area contributed by atoms with Gasteiger partial charge >= 0.3 is 6.09 Å². The lowest BCUT2D eigenvalue weighted by Gasteiger charge is -2.28. The van der Waals surface area contributed by atoms with Gasteiger partial charge in [-0.15, -0.1) is 0 Å². The summed E-state index contributed by atoms with van der Waals surface area (Å²) in [4.78, 5) is 27.0. The fourth-order valence-corrected chi connectivity index (χ4v) is 4.57. The Morgan fingerprint density at radius 2 is 1.94 bits per heavy atom. The summed E-state index contributed by atoms with van der Waals surface area (Å²) < 4.78 is 11.9. The second kappa shape index (κ2) is 9.41. The standard InChI is InChI=1S/C28H30N4O3/c1-28(2,3)35-27(33)32-16-8-11-20(32)18-34-23-17-29-15-13-21(23)25-24(19-9-5-4-6-10-19)26-22(31-25)12-7-14-30-26/h4-7,9-10,12-15,17,20,31H,8,11,16,18H2,1-3H3/t20-/m1/s1. The fraction of sp³-hybridized carbons (Fsp3) is 0.321. The van der Waals surface area contributed by atoms with Gasteiger partial charge in [-0.3, -0.25) is 9.97 Å². The van der Waals surface area contributed by atoms with Crippen molar-refractivity contribution in [2.24, 2.45) is 0 Å². The minimum Gasteiger partial charge on any atom is -0.489 e. The zero-order chi connectivity index (χ0) is 24.4. The number of likely N-dealkylation sites (tertiary alicyclic amines) is 1. The molecule has 35 heavy (non-hydrogen) atoms. The van der Waals surface area contributed by atoms with Gasteiger partial charge in [0.2, 0.25) is 0 Å². The number of nitrogens with zero attached hydrogens (tertiary/aromatic N) is 3. The maximum atomic E-state index is 12.7. The van der Waals surface area contributed by atoms with Crippen molar-refractivity contribution in [1.82, 2.24) is 19.9 Å². The van der Waals surface area contributed by atoms with Crippen LogP contribution >= 0.6 is 0 Å². The number of rotatable bonds is 5. The molecule has 1 aromatic carbocycles. The average molecular weight is 471 g/mol. The Morgan fingerprint density at radius 1 is 1.11 bits per heavy atom. The molecule has 1 aliphatic heterocycles. The Morgan fingerprint density at radius 3 is 2.74 bits per heavy atom. The van der Waals surface area contributed by atoms with Gasteiger partial charge in [-0.05, 0) is 57.4 Å². The second-order valence-electron chi connectivity index (χ2n) is 9.79. The number of pyridine rings is 2. The molecular weight excluding hydrogens is 440 g/mol. The van der Waals surface area contributed by atoms with E-state index in [4.69, 9.17) is 9.47 Å². The molecule has 7 nitrogen and oxygen atoms in total. The molecular formula is C28H30N4O3. The number of aromatic amines is 1. The van der Waals surface area contributed by atoms with Crippen LogP contribution in [0.15, 0.2) is 67.1 Å². The number of aromatic nitrogens is 3. The molecule has 0 bridgehead atoms. The molecule has 1 amide bonds. The van der Waals surface area contributed by atoms with Crippen LogP contribution in [0.2, 0.25) is 0 Å². The number of fused-ring (bicyclic) bond motifs is 1. The number of hydrogen-bond donors (Lipinski definition) is 1. The Labute approximate surface area is 205 Å². The lowest BCUT2D eigenvalue weighted by Crippen LogP contribution is -2.42. The van der Waals surface area contributed by atoms with Crippen molar-refractivity contribution < 1.29 is 14.3 Å². The normalized spacial score (nSPS) is 16.0. The number of hydrogen-bond acceptors (Lipinski definition) is 5. The van der Waals surface area contributed by atoms with Crippen LogP contribution in [-0.4, -0.2) is 50.7 Å². The highest BCUT2D eigenvalue weighted by molar-refractivity contribution is 6.02. The highest BCUT2D eigenvalue weighted by Crippen LogP contribution is 2.40. The first kappa shape index (κ1) is 22.9. The van der Waals surface area contributed by atoms with Crippen LogP contribution in [0.25, 0.3) is 33.4 Å². The molecule has 0 radical (unpaired) electrons. The smallest absolute Gasteiger partial charge is 0.410 e. The molecule has 1 N–H and O–H groups in total. The van der Waals surface area contributed by atoms with Gasteiger partial charge in [0.05, 0.1) is 29.0 Å². The second-order valence-corrected chi connectivity index (χ2v) is 9.79. The predicted octanol–water partition coefficient (Wildman–Crippen LogP) is 6.07. The third kappa shape index (κ3) is 4.85. The number of benzene rings is 1. The van der Waals surface area contributed by atoms with Gasteiger partial charge in [0.1, 0.15) is 18.0 Å². The number of carbonyl (C=O) groups is 1. The highest BCUT2D eigenvalue weighted by Gasteiger charge is 2.33. The SMILES string of the molecule is CC(C)(C)OC(=O)N1CCC[C@@H]1COc1cnccc1-c1[nH]c2cccnc2c1-c1ccccc1. The van der Waals surface area contributed by atoms with E-state index >= 15 is 0 Å². The largest absolute Gasteiger partial charge is 0.489 e. The van der Waals surface area contributed by atoms with Gasteiger partial charge in [0, 0.05) is 30.1 Å². The van der Waals surface area contributed by atoms with Crippen LogP contribution < -0.4 is 4.74 Å². The Balaban J connectivity index is 1.46. The van der Waals surface area contributed by atoms with Gasteiger partial charge in [-0.1, -0.05) is 30.3 Å². The fourth-order valence-electron chi connectivity index (χ4n) is 4.57. The first-order valence-corrected chi connectivity index (χ1v) is 12.0. The van der Waals surface area contributed by atoms with E-state index < -0.39 is 5.60 Å². The molecule has 1 fully saturated rings. The Kier molecular flexibility index (Phi) is 6.16. The minimum atomic E-state index is -0.529. The lowest BCUT2D eigenvalue weighted by atomic mass is 10.0. The van der Waals surface area contributed by atoms with Crippen LogP contribution in [0, 0.1) is 0 Å². The van der Waals surface area contributed by atoms with Gasteiger partial charge in [-0.25, -0.2) is 4.79 Å². The van der Waals surface area contributed by atoms with Crippen LogP contribution in [0.1, 0.15) is 33.6 Å². The Hall–Kier alpha value is -3.87. The van der Waals surface area contributed by atoms with E-state index in [1.165, 1.54) is 0 Å². The van der Waals surface area contributed by atoms with Gasteiger partial charge < -0.3 is 19.4 Å². The van der Waals surface area contributed by atoms with E-state index in [-0.39, 0.29) is 12.1 Å². The topological polar surface area (TPSA) is 80.3 Å². The predicted molar refractivity (Wildman–Crippen MR) is 136 cm³/mol. The third-order valence-corrected chi connectivity index (χ3v) is 6.11. The monoisotopic (exact) mass is 470 g/mol. The van der Waals surface area contributed by atoms with Crippen LogP contribution in [0.5, 0.6) is 5.75 Å². The molecule has 5 rings (SSSR count). The van der Waals surface area contributed by atoms with Crippen molar-refractivity contribution in [2.45, 2.75) is 45.3 Å². The van der Waals surface area contributed by atoms with Crippen molar-refractivity contribution in [3.63, 3.8) is 0 Å². The molecule has 1 aliphatic rings. The zero-order valence-corrected chi connectivity index (χ0v) is 20.3. The van der Waals surface area contributed by atoms with Crippen LogP contribution in [0.4, 0.5) is 4.79 Å². The first-order valence-electron chi connectivity index (χ1n) is 12.0. The molecule has 3 aromatic heterocycles. The van der Waals surface area contributed by atoms with Crippen molar-refractivity contribution in [2.75, 3.05) is 13.2 Å². The molecule has 0 aliphatic carbocycles. The number of amides is 1. The molecule has 7 heteroatoms. The summed E-state index contributed by atoms with van der Waals surface area (Å²) in [7, 11) is 0. The van der Waals surface area contributed by atoms with E-state index in [9.17, 15) is 4.79 Å². The van der Waals surface area contributed by atoms with Crippen molar-refractivity contribution in [3.05, 3.63) is 67.1 Å². The summed E-state index contributed by atoms with van der Waals surface area (Å²) >= 11 is 0. The van der Waals surface area contributed by atoms with E-state index in [1.807, 2.05) is 63.4 Å². The van der Waals surface area contributed by atoms with Crippen LogP contribution in [-0.2, 0) is 4.74 Å². The molecule has 180 valence electrons. The molecule has 0 unspecified atom stereocenters. The minimum absolute atomic E-state index is 0.0455. The van der Waals surface area contributed by atoms with Gasteiger partial charge in [0.25, 0.3) is 0 Å². The molecule has 4 heterocycles. The number of nitrogens with one attached hydrogen (secondary N) is 1. The van der Waals surface area contributed by atoms with E-state index in [2.05, 4.69) is 27.1 Å². The first-order chi connectivity index (χ1) is 16.9. The summed E-state index contributed by atoms with van der Waals surface area (Å²) in [5, 5.41) is 0. The summed E-state index contributed by atoms with van der Waals surface area (Å²) in [6.45, 7) is 6.70. The average Bonchev–Trinajstić information content (AvgIpc) is 3.47. The summed E-state index contributed by atoms with van der Waals surface area (Å²) in [5.74, 6) is 0.660. The number of ether oxygens (including phenoxy) is 2. The van der Waals surface area contributed by atoms with Crippen LogP contribution in [0.3, 0.4) is 0 Å². The zero-order valence-electron chi connectivity index (χ0n) is 20.3. The van der Waals surface area contributed by atoms with Crippen molar-refractivity contribution in [3.8, 4) is 28.1 Å². The van der Waals surface area contributed by atoms with E-state index in [0.29, 0.717) is 18.9 Å². The van der Waals surface area contributed by atoms with E-state index in [1.54, 1.807) is 17.3 Å². The summed E-state index contributed by atoms with van der Waals surface area (Å²) in [6, 6.07) is 16.1. The number of carbonyl (C=O) groups excluding carboxylic acids is 1. The van der Waals surface area contributed by atoms with E-state index in [0.717, 1.165) is 46.3 Å². The van der Waals surface area contributed by atoms with Gasteiger partial charge in [-0.2, -0.15) is 0 Å². The quantitative estimate of drug-likeness (QED) is 0.383. The van der Waals surface area contributed by atoms with Gasteiger partial charge in [0.15, 0.2) is 0 Å². The summed E-state index contributed by atoms with van der Waals surface area (Å²) in [5.41, 5.74) is 5.25. The summed E-state index contributed by atoms with van der Waals surface area (Å²) in [6.07, 6.45) is 6.82. The molecule has 4 aromatic rings.